The lowest BCUT2D eigenvalue weighted by Gasteiger charge is -2.49. The van der Waals surface area contributed by atoms with Crippen LogP contribution in [-0.2, 0) is 12.0 Å². The summed E-state index contributed by atoms with van der Waals surface area (Å²) < 4.78 is 7.67. The maximum absolute atomic E-state index is 12.5. The van der Waals surface area contributed by atoms with E-state index in [2.05, 4.69) is 12.1 Å². The Morgan fingerprint density at radius 3 is 2.58 bits per heavy atom. The summed E-state index contributed by atoms with van der Waals surface area (Å²) in [4.78, 5) is 24.1. The largest absolute Gasteiger partial charge is 0.496 e. The average molecular weight is 412 g/mol. The first-order valence-electron chi connectivity index (χ1n) is 10.2. The molecule has 0 amide bonds. The Hall–Kier alpha value is -3.85. The fourth-order valence-corrected chi connectivity index (χ4v) is 4.94. The molecule has 2 aromatic carbocycles. The number of hydrogen-bond acceptors (Lipinski definition) is 4. The summed E-state index contributed by atoms with van der Waals surface area (Å²) in [5, 5.41) is 19.0. The predicted molar refractivity (Wildman–Crippen MR) is 115 cm³/mol. The first kappa shape index (κ1) is 19.1. The van der Waals surface area contributed by atoms with Crippen LogP contribution in [0, 0.1) is 11.3 Å². The molecule has 154 valence electrons. The maximum Gasteiger partial charge on any atom is 0.341 e. The standard InChI is InChI=1S/C25H20N2O4/c1-31-23-10-18-16(9-19(23)17-6-3-2-5-15(17)13-26)12-25(7-4-8-25)27-14-20(24(29)30)22(28)11-21(18)27/h2-3,5-6,9-11,14H,4,7-8,12H2,1H3,(H,29,30). The summed E-state index contributed by atoms with van der Waals surface area (Å²) in [5.41, 5.74) is 3.94. The van der Waals surface area contributed by atoms with E-state index >= 15 is 0 Å². The molecule has 0 atom stereocenters. The number of aromatic nitrogens is 1. The van der Waals surface area contributed by atoms with Crippen LogP contribution in [0.4, 0.5) is 0 Å². The SMILES string of the molecule is COc1cc2c(cc1-c1ccccc1C#N)CC1(CCC1)n1cc(C(=O)O)c(=O)cc1-2. The molecule has 2 heterocycles. The van der Waals surface area contributed by atoms with Crippen molar-refractivity contribution in [2.24, 2.45) is 0 Å². The van der Waals surface area contributed by atoms with Crippen LogP contribution in [0.2, 0.25) is 0 Å². The third-order valence-corrected chi connectivity index (χ3v) is 6.64. The molecule has 5 rings (SSSR count). The Balaban J connectivity index is 1.78. The Bertz CT molecular complexity index is 1340. The van der Waals surface area contributed by atoms with E-state index in [0.717, 1.165) is 53.6 Å². The lowest BCUT2D eigenvalue weighted by molar-refractivity contribution is 0.0691. The zero-order valence-electron chi connectivity index (χ0n) is 17.0. The van der Waals surface area contributed by atoms with Crippen LogP contribution in [0.15, 0.2) is 53.5 Å². The second-order valence-corrected chi connectivity index (χ2v) is 8.23. The van der Waals surface area contributed by atoms with E-state index in [1.54, 1.807) is 13.2 Å². The Morgan fingerprint density at radius 1 is 1.16 bits per heavy atom. The molecule has 0 unspecified atom stereocenters. The molecule has 1 saturated carbocycles. The van der Waals surface area contributed by atoms with Crippen LogP contribution in [0.3, 0.4) is 0 Å². The normalized spacial score (nSPS) is 15.4. The number of carboxylic acid groups (broad SMARTS) is 1. The number of carbonyl (C=O) groups is 1. The molecule has 1 aromatic heterocycles. The summed E-state index contributed by atoms with van der Waals surface area (Å²) in [6, 6.07) is 15.1. The van der Waals surface area contributed by atoms with Gasteiger partial charge in [0, 0.05) is 34.5 Å². The van der Waals surface area contributed by atoms with Gasteiger partial charge in [0.15, 0.2) is 5.43 Å². The zero-order valence-corrected chi connectivity index (χ0v) is 17.0. The minimum Gasteiger partial charge on any atom is -0.496 e. The number of methoxy groups -OCH3 is 1. The van der Waals surface area contributed by atoms with E-state index in [0.29, 0.717) is 11.3 Å². The fraction of sp³-hybridized carbons (Fsp3) is 0.240. The van der Waals surface area contributed by atoms with Crippen molar-refractivity contribution in [1.82, 2.24) is 4.57 Å². The number of carboxylic acids is 1. The Labute approximate surface area is 179 Å². The molecule has 2 aliphatic rings. The highest BCUT2D eigenvalue weighted by molar-refractivity contribution is 5.88. The molecule has 1 spiro atoms. The van der Waals surface area contributed by atoms with Crippen LogP contribution in [-0.4, -0.2) is 22.8 Å². The van der Waals surface area contributed by atoms with Crippen molar-refractivity contribution < 1.29 is 14.6 Å². The third-order valence-electron chi connectivity index (χ3n) is 6.64. The van der Waals surface area contributed by atoms with Crippen LogP contribution < -0.4 is 10.2 Å². The van der Waals surface area contributed by atoms with Gasteiger partial charge < -0.3 is 14.4 Å². The van der Waals surface area contributed by atoms with Crippen molar-refractivity contribution in [3.8, 4) is 34.2 Å². The molecule has 6 nitrogen and oxygen atoms in total. The number of benzene rings is 2. The molecular formula is C25H20N2O4. The average Bonchev–Trinajstić information content (AvgIpc) is 2.75. The Kier molecular flexibility index (Phi) is 4.23. The van der Waals surface area contributed by atoms with Gasteiger partial charge in [-0.1, -0.05) is 18.2 Å². The molecule has 0 saturated heterocycles. The summed E-state index contributed by atoms with van der Waals surface area (Å²) in [6.45, 7) is 0. The molecule has 1 N–H and O–H groups in total. The van der Waals surface area contributed by atoms with E-state index in [4.69, 9.17) is 4.74 Å². The van der Waals surface area contributed by atoms with Crippen molar-refractivity contribution in [3.05, 3.63) is 75.6 Å². The number of aromatic carboxylic acids is 1. The highest BCUT2D eigenvalue weighted by atomic mass is 16.5. The second-order valence-electron chi connectivity index (χ2n) is 8.23. The third kappa shape index (κ3) is 2.77. The second kappa shape index (κ2) is 6.85. The van der Waals surface area contributed by atoms with E-state index in [9.17, 15) is 20.0 Å². The van der Waals surface area contributed by atoms with Crippen molar-refractivity contribution in [1.29, 1.82) is 5.26 Å². The van der Waals surface area contributed by atoms with Gasteiger partial charge in [0.1, 0.15) is 11.3 Å². The van der Waals surface area contributed by atoms with Crippen LogP contribution in [0.5, 0.6) is 5.75 Å². The molecule has 6 heteroatoms. The first-order valence-corrected chi connectivity index (χ1v) is 10.2. The molecule has 1 fully saturated rings. The van der Waals surface area contributed by atoms with Crippen LogP contribution in [0.25, 0.3) is 22.4 Å². The fourth-order valence-electron chi connectivity index (χ4n) is 4.94. The van der Waals surface area contributed by atoms with Crippen LogP contribution in [0.1, 0.15) is 40.7 Å². The van der Waals surface area contributed by atoms with Gasteiger partial charge in [0.05, 0.1) is 24.4 Å². The number of fused-ring (bicyclic) bond motifs is 4. The number of rotatable bonds is 3. The molecule has 1 aliphatic heterocycles. The van der Waals surface area contributed by atoms with Gasteiger partial charge in [-0.3, -0.25) is 4.79 Å². The first-order chi connectivity index (χ1) is 15.0. The predicted octanol–water partition coefficient (Wildman–Crippen LogP) is 4.20. The molecule has 31 heavy (non-hydrogen) atoms. The number of pyridine rings is 1. The van der Waals surface area contributed by atoms with Crippen molar-refractivity contribution >= 4 is 5.97 Å². The number of ether oxygens (including phenoxy) is 1. The number of hydrogen-bond donors (Lipinski definition) is 1. The summed E-state index contributed by atoms with van der Waals surface area (Å²) in [6.07, 6.45) is 5.16. The molecule has 0 radical (unpaired) electrons. The van der Waals surface area contributed by atoms with E-state index < -0.39 is 11.4 Å². The lowest BCUT2D eigenvalue weighted by atomic mass is 9.69. The zero-order chi connectivity index (χ0) is 21.8. The van der Waals surface area contributed by atoms with Gasteiger partial charge >= 0.3 is 5.97 Å². The summed E-state index contributed by atoms with van der Waals surface area (Å²) in [5.74, 6) is -0.603. The number of nitriles is 1. The van der Waals surface area contributed by atoms with Crippen molar-refractivity contribution in [3.63, 3.8) is 0 Å². The Morgan fingerprint density at radius 2 is 1.94 bits per heavy atom. The molecule has 3 aromatic rings. The van der Waals surface area contributed by atoms with Crippen molar-refractivity contribution in [2.75, 3.05) is 7.11 Å². The lowest BCUT2D eigenvalue weighted by Crippen LogP contribution is -2.46. The van der Waals surface area contributed by atoms with E-state index in [-0.39, 0.29) is 11.1 Å². The quantitative estimate of drug-likeness (QED) is 0.696. The van der Waals surface area contributed by atoms with Gasteiger partial charge in [-0.25, -0.2) is 4.79 Å². The summed E-state index contributed by atoms with van der Waals surface area (Å²) >= 11 is 0. The molecule has 0 bridgehead atoms. The van der Waals surface area contributed by atoms with Gasteiger partial charge in [-0.15, -0.1) is 0 Å². The highest BCUT2D eigenvalue weighted by Gasteiger charge is 2.43. The number of nitrogens with zero attached hydrogens (tertiary/aromatic N) is 2. The van der Waals surface area contributed by atoms with E-state index in [1.807, 2.05) is 28.8 Å². The van der Waals surface area contributed by atoms with Crippen molar-refractivity contribution in [2.45, 2.75) is 31.2 Å². The molecule has 1 aliphatic carbocycles. The van der Waals surface area contributed by atoms with Gasteiger partial charge in [0.25, 0.3) is 0 Å². The molecular weight excluding hydrogens is 392 g/mol. The minimum atomic E-state index is -1.21. The van der Waals surface area contributed by atoms with Gasteiger partial charge in [-0.2, -0.15) is 5.26 Å². The van der Waals surface area contributed by atoms with E-state index in [1.165, 1.54) is 12.3 Å². The highest BCUT2D eigenvalue weighted by Crippen LogP contribution is 2.50. The van der Waals surface area contributed by atoms with Gasteiger partial charge in [-0.05, 0) is 49.4 Å². The monoisotopic (exact) mass is 412 g/mol. The minimum absolute atomic E-state index is 0.204. The van der Waals surface area contributed by atoms with Gasteiger partial charge in [0.2, 0.25) is 0 Å². The maximum atomic E-state index is 12.5. The smallest absolute Gasteiger partial charge is 0.341 e. The van der Waals surface area contributed by atoms with Crippen LogP contribution >= 0.6 is 0 Å². The summed E-state index contributed by atoms with van der Waals surface area (Å²) in [7, 11) is 1.58. The topological polar surface area (TPSA) is 92.3 Å².